The third kappa shape index (κ3) is 7.20. The number of nitrogens with one attached hydrogen (secondary N) is 1. The summed E-state index contributed by atoms with van der Waals surface area (Å²) in [5.74, 6) is 0. The molecule has 0 heterocycles. The summed E-state index contributed by atoms with van der Waals surface area (Å²) in [7, 11) is 2.01. The van der Waals surface area contributed by atoms with E-state index in [1.807, 2.05) is 7.05 Å². The summed E-state index contributed by atoms with van der Waals surface area (Å²) in [6, 6.07) is 0. The highest BCUT2D eigenvalue weighted by atomic mass is 16.5. The minimum absolute atomic E-state index is 0.347. The second-order valence-corrected chi connectivity index (χ2v) is 5.06. The molecule has 0 spiro atoms. The van der Waals surface area contributed by atoms with Crippen LogP contribution >= 0.6 is 0 Å². The van der Waals surface area contributed by atoms with Crippen molar-refractivity contribution in [2.45, 2.75) is 52.6 Å². The summed E-state index contributed by atoms with van der Waals surface area (Å²) in [6.07, 6.45) is 4.79. The van der Waals surface area contributed by atoms with E-state index in [2.05, 4.69) is 26.1 Å². The molecule has 0 radical (unpaired) electrons. The Morgan fingerprint density at radius 2 is 2.12 bits per heavy atom. The van der Waals surface area contributed by atoms with Gasteiger partial charge in [-0.05, 0) is 51.6 Å². The van der Waals surface area contributed by atoms with E-state index < -0.39 is 0 Å². The third-order valence-corrected chi connectivity index (χ3v) is 3.38. The molecule has 0 aromatic carbocycles. The average Bonchev–Trinajstić information content (AvgIpc) is 2.26. The molecule has 0 saturated carbocycles. The second-order valence-electron chi connectivity index (χ2n) is 5.06. The summed E-state index contributed by atoms with van der Waals surface area (Å²) in [5, 5.41) is 3.26. The molecule has 0 fully saturated rings. The fraction of sp³-hybridized carbons (Fsp3) is 1.00. The zero-order valence-corrected chi connectivity index (χ0v) is 11.5. The predicted octanol–water partition coefficient (Wildman–Crippen LogP) is 2.16. The molecule has 16 heavy (non-hydrogen) atoms. The molecule has 3 N–H and O–H groups in total. The molecule has 0 amide bonds. The Balaban J connectivity index is 3.69. The Kier molecular flexibility index (Phi) is 8.90. The molecule has 98 valence electrons. The first-order chi connectivity index (χ1) is 7.58. The van der Waals surface area contributed by atoms with Gasteiger partial charge in [0.05, 0.1) is 6.10 Å². The van der Waals surface area contributed by atoms with E-state index in [-0.39, 0.29) is 0 Å². The van der Waals surface area contributed by atoms with Crippen LogP contribution in [0.4, 0.5) is 0 Å². The fourth-order valence-corrected chi connectivity index (χ4v) is 1.81. The molecule has 0 aromatic rings. The van der Waals surface area contributed by atoms with Gasteiger partial charge in [0.15, 0.2) is 0 Å². The van der Waals surface area contributed by atoms with Crippen molar-refractivity contribution in [1.82, 2.24) is 5.32 Å². The summed E-state index contributed by atoms with van der Waals surface area (Å²) in [5.41, 5.74) is 5.84. The standard InChI is InChI=1S/C13H30N2O/c1-5-13(3,11-15-4)8-10-16-12(2)7-6-9-14/h12,15H,5-11,14H2,1-4H3. The number of nitrogens with two attached hydrogens (primary N) is 1. The summed E-state index contributed by atoms with van der Waals surface area (Å²) >= 11 is 0. The number of ether oxygens (including phenoxy) is 1. The van der Waals surface area contributed by atoms with Crippen molar-refractivity contribution in [3.8, 4) is 0 Å². The Bertz CT molecular complexity index is 164. The molecule has 2 unspecified atom stereocenters. The molecular formula is C13H30N2O. The van der Waals surface area contributed by atoms with Gasteiger partial charge in [0, 0.05) is 13.2 Å². The molecule has 2 atom stereocenters. The van der Waals surface area contributed by atoms with Crippen molar-refractivity contribution < 1.29 is 4.74 Å². The molecule has 0 saturated heterocycles. The van der Waals surface area contributed by atoms with Gasteiger partial charge in [0.2, 0.25) is 0 Å². The maximum Gasteiger partial charge on any atom is 0.0547 e. The van der Waals surface area contributed by atoms with E-state index in [1.165, 1.54) is 6.42 Å². The van der Waals surface area contributed by atoms with Gasteiger partial charge < -0.3 is 15.8 Å². The lowest BCUT2D eigenvalue weighted by molar-refractivity contribution is 0.0376. The summed E-state index contributed by atoms with van der Waals surface area (Å²) in [6.45, 7) is 9.38. The SMILES string of the molecule is CCC(C)(CCOC(C)CCCN)CNC. The van der Waals surface area contributed by atoms with Crippen molar-refractivity contribution in [2.24, 2.45) is 11.1 Å². The lowest BCUT2D eigenvalue weighted by Gasteiger charge is -2.28. The van der Waals surface area contributed by atoms with Gasteiger partial charge in [-0.15, -0.1) is 0 Å². The lowest BCUT2D eigenvalue weighted by atomic mass is 9.84. The Labute approximate surface area is 101 Å². The molecule has 0 aliphatic carbocycles. The highest BCUT2D eigenvalue weighted by Gasteiger charge is 2.20. The highest BCUT2D eigenvalue weighted by molar-refractivity contribution is 4.74. The third-order valence-electron chi connectivity index (χ3n) is 3.38. The van der Waals surface area contributed by atoms with E-state index >= 15 is 0 Å². The quantitative estimate of drug-likeness (QED) is 0.604. The first kappa shape index (κ1) is 15.9. The van der Waals surface area contributed by atoms with E-state index in [0.717, 1.165) is 39.0 Å². The predicted molar refractivity (Wildman–Crippen MR) is 70.6 cm³/mol. The molecule has 0 aromatic heterocycles. The Morgan fingerprint density at radius 3 is 2.62 bits per heavy atom. The average molecular weight is 230 g/mol. The monoisotopic (exact) mass is 230 g/mol. The summed E-state index contributed by atoms with van der Waals surface area (Å²) < 4.78 is 5.80. The van der Waals surface area contributed by atoms with Crippen LogP contribution in [0, 0.1) is 5.41 Å². The van der Waals surface area contributed by atoms with E-state index in [9.17, 15) is 0 Å². The molecule has 3 nitrogen and oxygen atoms in total. The van der Waals surface area contributed by atoms with Crippen molar-refractivity contribution >= 4 is 0 Å². The van der Waals surface area contributed by atoms with Gasteiger partial charge in [-0.2, -0.15) is 0 Å². The first-order valence-electron chi connectivity index (χ1n) is 6.54. The minimum Gasteiger partial charge on any atom is -0.378 e. The van der Waals surface area contributed by atoms with Crippen LogP contribution in [-0.4, -0.2) is 32.8 Å². The van der Waals surface area contributed by atoms with Gasteiger partial charge in [0.25, 0.3) is 0 Å². The maximum atomic E-state index is 5.80. The summed E-state index contributed by atoms with van der Waals surface area (Å²) in [4.78, 5) is 0. The van der Waals surface area contributed by atoms with Crippen LogP contribution in [0.1, 0.15) is 46.5 Å². The first-order valence-corrected chi connectivity index (χ1v) is 6.54. The van der Waals surface area contributed by atoms with Crippen LogP contribution in [0.25, 0.3) is 0 Å². The van der Waals surface area contributed by atoms with E-state index in [0.29, 0.717) is 11.5 Å². The Morgan fingerprint density at radius 1 is 1.44 bits per heavy atom. The van der Waals surface area contributed by atoms with Crippen LogP contribution < -0.4 is 11.1 Å². The maximum absolute atomic E-state index is 5.80. The number of hydrogen-bond donors (Lipinski definition) is 2. The normalized spacial score (nSPS) is 17.1. The van der Waals surface area contributed by atoms with Gasteiger partial charge in [-0.25, -0.2) is 0 Å². The Hall–Kier alpha value is -0.120. The van der Waals surface area contributed by atoms with Crippen LogP contribution in [0.5, 0.6) is 0 Å². The van der Waals surface area contributed by atoms with Crippen LogP contribution in [-0.2, 0) is 4.74 Å². The van der Waals surface area contributed by atoms with Crippen molar-refractivity contribution in [2.75, 3.05) is 26.7 Å². The van der Waals surface area contributed by atoms with Crippen molar-refractivity contribution in [3.05, 3.63) is 0 Å². The smallest absolute Gasteiger partial charge is 0.0547 e. The van der Waals surface area contributed by atoms with Crippen LogP contribution in [0.3, 0.4) is 0 Å². The van der Waals surface area contributed by atoms with E-state index in [4.69, 9.17) is 10.5 Å². The lowest BCUT2D eigenvalue weighted by Crippen LogP contribution is -2.30. The van der Waals surface area contributed by atoms with Gasteiger partial charge >= 0.3 is 0 Å². The van der Waals surface area contributed by atoms with Crippen LogP contribution in [0.2, 0.25) is 0 Å². The largest absolute Gasteiger partial charge is 0.378 e. The molecule has 3 heteroatoms. The zero-order chi connectivity index (χ0) is 12.4. The number of hydrogen-bond acceptors (Lipinski definition) is 3. The molecule has 0 rings (SSSR count). The molecule has 0 aliphatic heterocycles. The van der Waals surface area contributed by atoms with Crippen molar-refractivity contribution in [3.63, 3.8) is 0 Å². The number of rotatable bonds is 10. The molecule has 0 aliphatic rings. The van der Waals surface area contributed by atoms with E-state index in [1.54, 1.807) is 0 Å². The fourth-order valence-electron chi connectivity index (χ4n) is 1.81. The molecular weight excluding hydrogens is 200 g/mol. The van der Waals surface area contributed by atoms with Gasteiger partial charge in [-0.1, -0.05) is 13.8 Å². The zero-order valence-electron chi connectivity index (χ0n) is 11.5. The topological polar surface area (TPSA) is 47.3 Å². The van der Waals surface area contributed by atoms with Crippen LogP contribution in [0.15, 0.2) is 0 Å². The van der Waals surface area contributed by atoms with Gasteiger partial charge in [-0.3, -0.25) is 0 Å². The highest BCUT2D eigenvalue weighted by Crippen LogP contribution is 2.24. The molecule has 0 bridgehead atoms. The minimum atomic E-state index is 0.347. The second kappa shape index (κ2) is 8.97. The van der Waals surface area contributed by atoms with Gasteiger partial charge in [0.1, 0.15) is 0 Å². The van der Waals surface area contributed by atoms with Crippen molar-refractivity contribution in [1.29, 1.82) is 0 Å².